The number of benzene rings is 2. The lowest BCUT2D eigenvalue weighted by molar-refractivity contribution is -0.274. The third-order valence-corrected chi connectivity index (χ3v) is 5.49. The molecule has 7 nitrogen and oxygen atoms in total. The zero-order valence-corrected chi connectivity index (χ0v) is 17.9. The van der Waals surface area contributed by atoms with E-state index in [4.69, 9.17) is 14.0 Å². The lowest BCUT2D eigenvalue weighted by atomic mass is 10.00. The fourth-order valence-corrected chi connectivity index (χ4v) is 3.57. The molecule has 1 aliphatic rings. The van der Waals surface area contributed by atoms with E-state index >= 15 is 0 Å². The Morgan fingerprint density at radius 3 is 2.45 bits per heavy atom. The van der Waals surface area contributed by atoms with Gasteiger partial charge in [-0.3, -0.25) is 4.79 Å². The second-order valence-electron chi connectivity index (χ2n) is 7.57. The first kappa shape index (κ1) is 22.5. The second kappa shape index (κ2) is 8.68. The highest BCUT2D eigenvalue weighted by Crippen LogP contribution is 2.49. The van der Waals surface area contributed by atoms with Crippen LogP contribution in [0.1, 0.15) is 24.1 Å². The number of hydrogen-bond acceptors (Lipinski definition) is 6. The molecule has 1 heterocycles. The minimum atomic E-state index is -4.82. The van der Waals surface area contributed by atoms with E-state index in [1.165, 1.54) is 32.4 Å². The summed E-state index contributed by atoms with van der Waals surface area (Å²) in [5.74, 6) is 0.845. The molecule has 0 spiro atoms. The number of para-hydroxylation sites is 1. The Morgan fingerprint density at radius 1 is 1.06 bits per heavy atom. The van der Waals surface area contributed by atoms with Gasteiger partial charge < -0.3 is 24.1 Å². The van der Waals surface area contributed by atoms with Crippen molar-refractivity contribution in [1.29, 1.82) is 0 Å². The highest BCUT2D eigenvalue weighted by atomic mass is 19.4. The number of amides is 1. The van der Waals surface area contributed by atoms with Crippen molar-refractivity contribution in [3.8, 4) is 28.6 Å². The Hall–Kier alpha value is -3.69. The van der Waals surface area contributed by atoms with Crippen LogP contribution in [-0.4, -0.2) is 31.6 Å². The third-order valence-electron chi connectivity index (χ3n) is 5.49. The molecule has 0 aliphatic heterocycles. The highest BCUT2D eigenvalue weighted by Gasteiger charge is 2.53. The quantitative estimate of drug-likeness (QED) is 0.527. The summed E-state index contributed by atoms with van der Waals surface area (Å²) < 4.78 is 57.9. The van der Waals surface area contributed by atoms with Crippen LogP contribution in [0.5, 0.6) is 17.2 Å². The molecule has 0 saturated heterocycles. The van der Waals surface area contributed by atoms with Crippen LogP contribution in [0.3, 0.4) is 0 Å². The van der Waals surface area contributed by atoms with Crippen molar-refractivity contribution in [2.45, 2.75) is 31.2 Å². The summed E-state index contributed by atoms with van der Waals surface area (Å²) in [6, 6.07) is 12.6. The predicted octanol–water partition coefficient (Wildman–Crippen LogP) is 4.61. The Balaban J connectivity index is 1.48. The van der Waals surface area contributed by atoms with Crippen LogP contribution < -0.4 is 19.5 Å². The number of carbonyl (C=O) groups is 1. The third kappa shape index (κ3) is 4.74. The largest absolute Gasteiger partial charge is 0.573 e. The minimum absolute atomic E-state index is 0.118. The number of carbonyl (C=O) groups excluding carboxylic acids is 1. The molecule has 33 heavy (non-hydrogen) atoms. The second-order valence-corrected chi connectivity index (χ2v) is 7.57. The van der Waals surface area contributed by atoms with Crippen molar-refractivity contribution in [3.05, 3.63) is 59.8 Å². The summed E-state index contributed by atoms with van der Waals surface area (Å²) in [7, 11) is 3.06. The number of rotatable bonds is 8. The van der Waals surface area contributed by atoms with Gasteiger partial charge in [-0.2, -0.15) is 0 Å². The molecule has 4 rings (SSSR count). The van der Waals surface area contributed by atoms with Gasteiger partial charge in [-0.1, -0.05) is 23.4 Å². The van der Waals surface area contributed by atoms with E-state index in [0.717, 1.165) is 0 Å². The maximum Gasteiger partial charge on any atom is 0.573 e. The van der Waals surface area contributed by atoms with Gasteiger partial charge in [-0.05, 0) is 37.1 Å². The van der Waals surface area contributed by atoms with Gasteiger partial charge >= 0.3 is 6.36 Å². The lowest BCUT2D eigenvalue weighted by Gasteiger charge is -2.15. The molecule has 1 saturated carbocycles. The highest BCUT2D eigenvalue weighted by molar-refractivity contribution is 5.91. The smallest absolute Gasteiger partial charge is 0.493 e. The summed E-state index contributed by atoms with van der Waals surface area (Å²) in [4.78, 5) is 12.9. The van der Waals surface area contributed by atoms with Crippen molar-refractivity contribution in [2.24, 2.45) is 0 Å². The molecular weight excluding hydrogens is 441 g/mol. The molecule has 0 radical (unpaired) electrons. The SMILES string of the molecule is COc1ccc(-c2cc(C3(C(=O)NCc4ccccc4OC(F)(F)F)CC3)no2)cc1OC. The molecule has 1 amide bonds. The predicted molar refractivity (Wildman–Crippen MR) is 111 cm³/mol. The van der Waals surface area contributed by atoms with Crippen molar-refractivity contribution < 1.29 is 36.7 Å². The van der Waals surface area contributed by atoms with E-state index in [2.05, 4.69) is 15.2 Å². The number of halogens is 3. The van der Waals surface area contributed by atoms with Gasteiger partial charge in [0.25, 0.3) is 0 Å². The van der Waals surface area contributed by atoms with E-state index in [0.29, 0.717) is 41.4 Å². The van der Waals surface area contributed by atoms with E-state index in [9.17, 15) is 18.0 Å². The van der Waals surface area contributed by atoms with Gasteiger partial charge in [0.2, 0.25) is 5.91 Å². The standard InChI is InChI=1S/C23H21F3N2O5/c1-30-17-8-7-14(11-19(17)31-2)18-12-20(28-33-18)22(9-10-22)21(29)27-13-15-5-3-4-6-16(15)32-23(24,25)26/h3-8,11-12H,9-10,13H2,1-2H3,(H,27,29). The summed E-state index contributed by atoms with van der Waals surface area (Å²) in [5, 5.41) is 6.79. The van der Waals surface area contributed by atoms with Crippen molar-refractivity contribution in [1.82, 2.24) is 10.5 Å². The molecule has 10 heteroatoms. The summed E-state index contributed by atoms with van der Waals surface area (Å²) >= 11 is 0. The van der Waals surface area contributed by atoms with E-state index in [1.807, 2.05) is 0 Å². The Bertz CT molecular complexity index is 1150. The van der Waals surface area contributed by atoms with Crippen molar-refractivity contribution in [3.63, 3.8) is 0 Å². The summed E-state index contributed by atoms with van der Waals surface area (Å²) in [5.41, 5.74) is 0.494. The molecule has 1 fully saturated rings. The first-order chi connectivity index (χ1) is 15.8. The molecule has 3 aromatic rings. The first-order valence-corrected chi connectivity index (χ1v) is 10.1. The van der Waals surface area contributed by atoms with Crippen LogP contribution in [0, 0.1) is 0 Å². The zero-order chi connectivity index (χ0) is 23.6. The molecule has 0 unspecified atom stereocenters. The summed E-state index contributed by atoms with van der Waals surface area (Å²) in [6.45, 7) is -0.118. The monoisotopic (exact) mass is 462 g/mol. The lowest BCUT2D eigenvalue weighted by Crippen LogP contribution is -2.34. The minimum Gasteiger partial charge on any atom is -0.493 e. The molecule has 174 valence electrons. The van der Waals surface area contributed by atoms with Crippen LogP contribution in [0.4, 0.5) is 13.2 Å². The van der Waals surface area contributed by atoms with Crippen molar-refractivity contribution in [2.75, 3.05) is 14.2 Å². The molecule has 1 N–H and O–H groups in total. The number of hydrogen-bond donors (Lipinski definition) is 1. The van der Waals surface area contributed by atoms with Crippen LogP contribution in [0.25, 0.3) is 11.3 Å². The summed E-state index contributed by atoms with van der Waals surface area (Å²) in [6.07, 6.45) is -3.71. The Kier molecular flexibility index (Phi) is 5.92. The number of nitrogens with zero attached hydrogens (tertiary/aromatic N) is 1. The van der Waals surface area contributed by atoms with Crippen LogP contribution in [-0.2, 0) is 16.8 Å². The van der Waals surface area contributed by atoms with Gasteiger partial charge in [-0.15, -0.1) is 13.2 Å². The zero-order valence-electron chi connectivity index (χ0n) is 17.9. The molecule has 0 atom stereocenters. The van der Waals surface area contributed by atoms with Gasteiger partial charge in [0.05, 0.1) is 25.3 Å². The first-order valence-electron chi connectivity index (χ1n) is 10.1. The van der Waals surface area contributed by atoms with Crippen LogP contribution >= 0.6 is 0 Å². The van der Waals surface area contributed by atoms with Gasteiger partial charge in [0, 0.05) is 23.7 Å². The van der Waals surface area contributed by atoms with E-state index in [-0.39, 0.29) is 23.8 Å². The molecular formula is C23H21F3N2O5. The van der Waals surface area contributed by atoms with Crippen LogP contribution in [0.2, 0.25) is 0 Å². The number of alkyl halides is 3. The van der Waals surface area contributed by atoms with Crippen LogP contribution in [0.15, 0.2) is 53.1 Å². The molecule has 0 bridgehead atoms. The maximum atomic E-state index is 12.9. The topological polar surface area (TPSA) is 82.8 Å². The normalized spacial score (nSPS) is 14.5. The molecule has 1 aromatic heterocycles. The Morgan fingerprint density at radius 2 is 1.79 bits per heavy atom. The average molecular weight is 462 g/mol. The number of methoxy groups -OCH3 is 2. The van der Waals surface area contributed by atoms with Gasteiger partial charge in [0.1, 0.15) is 5.75 Å². The fourth-order valence-electron chi connectivity index (χ4n) is 3.57. The van der Waals surface area contributed by atoms with Gasteiger partial charge in [-0.25, -0.2) is 0 Å². The van der Waals surface area contributed by atoms with E-state index in [1.54, 1.807) is 30.3 Å². The maximum absolute atomic E-state index is 12.9. The number of aromatic nitrogens is 1. The Labute approximate surface area is 187 Å². The molecule has 1 aliphatic carbocycles. The van der Waals surface area contributed by atoms with Crippen molar-refractivity contribution >= 4 is 5.91 Å². The van der Waals surface area contributed by atoms with Gasteiger partial charge in [0.15, 0.2) is 17.3 Å². The van der Waals surface area contributed by atoms with E-state index < -0.39 is 11.8 Å². The number of ether oxygens (including phenoxy) is 3. The fraction of sp³-hybridized carbons (Fsp3) is 0.304. The number of nitrogens with one attached hydrogen (secondary N) is 1. The average Bonchev–Trinajstić information content (AvgIpc) is 3.46. The molecule has 2 aromatic carbocycles.